The van der Waals surface area contributed by atoms with Gasteiger partial charge in [-0.25, -0.2) is 0 Å². The van der Waals surface area contributed by atoms with Crippen LogP contribution < -0.4 is 10.6 Å². The number of para-hydroxylation sites is 1. The monoisotopic (exact) mass is 316 g/mol. The molecule has 110 valence electrons. The summed E-state index contributed by atoms with van der Waals surface area (Å²) in [5.74, 6) is -0.111. The van der Waals surface area contributed by atoms with E-state index in [9.17, 15) is 4.79 Å². The molecule has 0 aromatic heterocycles. The molecule has 0 radical (unpaired) electrons. The van der Waals surface area contributed by atoms with Crippen molar-refractivity contribution in [3.63, 3.8) is 0 Å². The van der Waals surface area contributed by atoms with Crippen LogP contribution in [0.5, 0.6) is 0 Å². The number of benzene rings is 1. The lowest BCUT2D eigenvalue weighted by Crippen LogP contribution is -2.29. The van der Waals surface area contributed by atoms with E-state index in [2.05, 4.69) is 10.6 Å². The average Bonchev–Trinajstić information content (AvgIpc) is 2.92. The number of hydrogen-bond acceptors (Lipinski definition) is 3. The number of carbonyl (C=O) groups excluding carboxylic acids is 1. The summed E-state index contributed by atoms with van der Waals surface area (Å²) in [4.78, 5) is 11.8. The normalized spacial score (nSPS) is 18.2. The van der Waals surface area contributed by atoms with Gasteiger partial charge in [-0.3, -0.25) is 4.79 Å². The lowest BCUT2D eigenvalue weighted by Gasteiger charge is -2.11. The van der Waals surface area contributed by atoms with Crippen molar-refractivity contribution in [3.8, 4) is 0 Å². The fraction of sp³-hybridized carbons (Fsp3) is 0.500. The van der Waals surface area contributed by atoms with E-state index >= 15 is 0 Å². The van der Waals surface area contributed by atoms with Crippen LogP contribution in [0.2, 0.25) is 10.0 Å². The fourth-order valence-corrected chi connectivity index (χ4v) is 2.58. The molecule has 1 aromatic rings. The predicted molar refractivity (Wildman–Crippen MR) is 81.6 cm³/mol. The largest absolute Gasteiger partial charge is 0.377 e. The summed E-state index contributed by atoms with van der Waals surface area (Å²) < 4.78 is 5.49. The van der Waals surface area contributed by atoms with Crippen molar-refractivity contribution in [1.29, 1.82) is 0 Å². The van der Waals surface area contributed by atoms with Gasteiger partial charge in [0.25, 0.3) is 0 Å². The van der Waals surface area contributed by atoms with Crippen LogP contribution in [0, 0.1) is 0 Å². The second-order valence-electron chi connectivity index (χ2n) is 4.73. The topological polar surface area (TPSA) is 50.4 Å². The molecular formula is C14H18Cl2N2O2. The third kappa shape index (κ3) is 4.63. The molecule has 1 saturated heterocycles. The zero-order chi connectivity index (χ0) is 14.4. The SMILES string of the molecule is O=C(CCNCC1CCCO1)Nc1c(Cl)cccc1Cl. The molecule has 1 aliphatic rings. The number of carbonyl (C=O) groups is 1. The molecule has 2 N–H and O–H groups in total. The van der Waals surface area contributed by atoms with Crippen molar-refractivity contribution in [2.45, 2.75) is 25.4 Å². The maximum absolute atomic E-state index is 11.8. The summed E-state index contributed by atoms with van der Waals surface area (Å²) in [6, 6.07) is 5.13. The molecule has 1 amide bonds. The lowest BCUT2D eigenvalue weighted by atomic mass is 10.2. The van der Waals surface area contributed by atoms with E-state index < -0.39 is 0 Å². The van der Waals surface area contributed by atoms with Crippen molar-refractivity contribution in [2.75, 3.05) is 25.0 Å². The summed E-state index contributed by atoms with van der Waals surface area (Å²) in [6.07, 6.45) is 2.87. The molecule has 0 bridgehead atoms. The zero-order valence-corrected chi connectivity index (χ0v) is 12.6. The van der Waals surface area contributed by atoms with E-state index in [1.807, 2.05) is 0 Å². The second-order valence-corrected chi connectivity index (χ2v) is 5.55. The van der Waals surface area contributed by atoms with Crippen molar-refractivity contribution >= 4 is 34.8 Å². The summed E-state index contributed by atoms with van der Waals surface area (Å²) in [7, 11) is 0. The minimum Gasteiger partial charge on any atom is -0.377 e. The Balaban J connectivity index is 1.69. The first-order valence-corrected chi connectivity index (χ1v) is 7.48. The van der Waals surface area contributed by atoms with Crippen LogP contribution in [0.25, 0.3) is 0 Å². The standard InChI is InChI=1S/C14H18Cl2N2O2/c15-11-4-1-5-12(16)14(11)18-13(19)6-7-17-9-10-3-2-8-20-10/h1,4-5,10,17H,2-3,6-9H2,(H,18,19). The number of halogens is 2. The number of amides is 1. The van der Waals surface area contributed by atoms with Gasteiger partial charge in [-0.2, -0.15) is 0 Å². The van der Waals surface area contributed by atoms with E-state index in [0.29, 0.717) is 28.7 Å². The second kappa shape index (κ2) is 7.84. The predicted octanol–water partition coefficient (Wildman–Crippen LogP) is 3.09. The Morgan fingerprint density at radius 1 is 1.35 bits per heavy atom. The Kier molecular flexibility index (Phi) is 6.10. The zero-order valence-electron chi connectivity index (χ0n) is 11.1. The van der Waals surface area contributed by atoms with Crippen LogP contribution in [0.4, 0.5) is 5.69 Å². The van der Waals surface area contributed by atoms with Gasteiger partial charge in [-0.1, -0.05) is 29.3 Å². The first kappa shape index (κ1) is 15.6. The molecule has 0 spiro atoms. The quantitative estimate of drug-likeness (QED) is 0.793. The van der Waals surface area contributed by atoms with E-state index in [-0.39, 0.29) is 12.0 Å². The lowest BCUT2D eigenvalue weighted by molar-refractivity contribution is -0.116. The Hall–Kier alpha value is -0.810. The summed E-state index contributed by atoms with van der Waals surface area (Å²) in [6.45, 7) is 2.24. The Bertz CT molecular complexity index is 442. The van der Waals surface area contributed by atoms with Gasteiger partial charge < -0.3 is 15.4 Å². The van der Waals surface area contributed by atoms with Crippen molar-refractivity contribution in [1.82, 2.24) is 5.32 Å². The maximum atomic E-state index is 11.8. The first-order chi connectivity index (χ1) is 9.66. The highest BCUT2D eigenvalue weighted by Crippen LogP contribution is 2.29. The van der Waals surface area contributed by atoms with Crippen LogP contribution in [0.15, 0.2) is 18.2 Å². The van der Waals surface area contributed by atoms with Gasteiger partial charge in [0.15, 0.2) is 0 Å². The van der Waals surface area contributed by atoms with E-state index in [1.54, 1.807) is 18.2 Å². The van der Waals surface area contributed by atoms with E-state index in [4.69, 9.17) is 27.9 Å². The first-order valence-electron chi connectivity index (χ1n) is 6.73. The van der Waals surface area contributed by atoms with Gasteiger partial charge in [0.2, 0.25) is 5.91 Å². The molecule has 0 aliphatic carbocycles. The Labute approximate surface area is 128 Å². The van der Waals surface area contributed by atoms with Crippen molar-refractivity contribution in [2.24, 2.45) is 0 Å². The minimum atomic E-state index is -0.111. The maximum Gasteiger partial charge on any atom is 0.225 e. The third-order valence-electron chi connectivity index (χ3n) is 3.15. The third-order valence-corrected chi connectivity index (χ3v) is 3.78. The smallest absolute Gasteiger partial charge is 0.225 e. The highest BCUT2D eigenvalue weighted by molar-refractivity contribution is 6.39. The molecule has 1 unspecified atom stereocenters. The molecular weight excluding hydrogens is 299 g/mol. The number of rotatable bonds is 6. The number of anilines is 1. The van der Waals surface area contributed by atoms with Crippen LogP contribution in [-0.2, 0) is 9.53 Å². The highest BCUT2D eigenvalue weighted by atomic mass is 35.5. The molecule has 1 heterocycles. The fourth-order valence-electron chi connectivity index (χ4n) is 2.09. The number of ether oxygens (including phenoxy) is 1. The summed E-state index contributed by atoms with van der Waals surface area (Å²) in [5, 5.41) is 6.84. The van der Waals surface area contributed by atoms with Crippen LogP contribution in [-0.4, -0.2) is 31.7 Å². The van der Waals surface area contributed by atoms with Crippen LogP contribution >= 0.6 is 23.2 Å². The Morgan fingerprint density at radius 3 is 2.75 bits per heavy atom. The molecule has 2 rings (SSSR count). The average molecular weight is 317 g/mol. The van der Waals surface area contributed by atoms with E-state index in [1.165, 1.54) is 0 Å². The molecule has 1 atom stereocenters. The van der Waals surface area contributed by atoms with Gasteiger partial charge in [-0.05, 0) is 25.0 Å². The Morgan fingerprint density at radius 2 is 2.10 bits per heavy atom. The highest BCUT2D eigenvalue weighted by Gasteiger charge is 2.15. The molecule has 6 heteroatoms. The van der Waals surface area contributed by atoms with Crippen molar-refractivity contribution < 1.29 is 9.53 Å². The van der Waals surface area contributed by atoms with Crippen LogP contribution in [0.1, 0.15) is 19.3 Å². The molecule has 1 aromatic carbocycles. The minimum absolute atomic E-state index is 0.111. The number of hydrogen-bond donors (Lipinski definition) is 2. The van der Waals surface area contributed by atoms with Crippen molar-refractivity contribution in [3.05, 3.63) is 28.2 Å². The molecule has 20 heavy (non-hydrogen) atoms. The molecule has 1 aliphatic heterocycles. The van der Waals surface area contributed by atoms with Gasteiger partial charge in [0.1, 0.15) is 0 Å². The number of nitrogens with one attached hydrogen (secondary N) is 2. The molecule has 0 saturated carbocycles. The van der Waals surface area contributed by atoms with Gasteiger partial charge in [0.05, 0.1) is 21.8 Å². The summed E-state index contributed by atoms with van der Waals surface area (Å²) in [5.41, 5.74) is 0.472. The van der Waals surface area contributed by atoms with E-state index in [0.717, 1.165) is 26.0 Å². The van der Waals surface area contributed by atoms with Crippen LogP contribution in [0.3, 0.4) is 0 Å². The van der Waals surface area contributed by atoms with Gasteiger partial charge in [0, 0.05) is 26.1 Å². The van der Waals surface area contributed by atoms with Gasteiger partial charge in [-0.15, -0.1) is 0 Å². The molecule has 1 fully saturated rings. The summed E-state index contributed by atoms with van der Waals surface area (Å²) >= 11 is 12.0. The van der Waals surface area contributed by atoms with Gasteiger partial charge >= 0.3 is 0 Å². The molecule has 4 nitrogen and oxygen atoms in total.